The number of nitrogens with zero attached hydrogens (tertiary/aromatic N) is 4. The molecule has 1 aliphatic rings. The summed E-state index contributed by atoms with van der Waals surface area (Å²) >= 11 is 2.27. The van der Waals surface area contributed by atoms with Gasteiger partial charge in [0.1, 0.15) is 5.82 Å². The van der Waals surface area contributed by atoms with Crippen molar-refractivity contribution in [1.82, 2.24) is 14.8 Å². The van der Waals surface area contributed by atoms with E-state index in [0.29, 0.717) is 6.54 Å². The molecule has 0 saturated carbocycles. The van der Waals surface area contributed by atoms with Crippen LogP contribution in [0.25, 0.3) is 0 Å². The molecule has 7 heteroatoms. The number of carbonyl (C=O) groups is 1. The molecule has 0 aliphatic carbocycles. The van der Waals surface area contributed by atoms with E-state index in [4.69, 9.17) is 0 Å². The van der Waals surface area contributed by atoms with Gasteiger partial charge in [-0.1, -0.05) is 24.6 Å². The van der Waals surface area contributed by atoms with Gasteiger partial charge in [0.05, 0.1) is 6.54 Å². The summed E-state index contributed by atoms with van der Waals surface area (Å²) in [6, 6.07) is 17.3. The number of rotatable bonds is 4. The largest absolute Gasteiger partial charge is 0.326 e. The number of para-hydroxylation sites is 1. The summed E-state index contributed by atoms with van der Waals surface area (Å²) < 4.78 is 3.31. The van der Waals surface area contributed by atoms with E-state index in [1.165, 1.54) is 6.42 Å². The lowest BCUT2D eigenvalue weighted by molar-refractivity contribution is 0.256. The minimum atomic E-state index is -0.182. The molecule has 2 aromatic carbocycles. The minimum Gasteiger partial charge on any atom is -0.313 e. The number of hydrogen-bond acceptors (Lipinski definition) is 3. The Bertz CT molecular complexity index is 939. The number of amides is 2. The maximum Gasteiger partial charge on any atom is 0.326 e. The van der Waals surface area contributed by atoms with Gasteiger partial charge in [0, 0.05) is 27.9 Å². The lowest BCUT2D eigenvalue weighted by Crippen LogP contribution is -2.35. The molecule has 4 rings (SSSR count). The van der Waals surface area contributed by atoms with Crippen molar-refractivity contribution in [3.63, 3.8) is 0 Å². The lowest BCUT2D eigenvalue weighted by atomic mass is 10.2. The summed E-state index contributed by atoms with van der Waals surface area (Å²) in [5, 5.41) is 11.8. The van der Waals surface area contributed by atoms with Crippen LogP contribution in [0.1, 0.15) is 30.9 Å². The van der Waals surface area contributed by atoms with E-state index in [2.05, 4.69) is 42.7 Å². The first kappa shape index (κ1) is 18.9. The Morgan fingerprint density at radius 3 is 2.61 bits per heavy atom. The number of halogens is 1. The van der Waals surface area contributed by atoms with Crippen molar-refractivity contribution in [2.45, 2.75) is 38.8 Å². The van der Waals surface area contributed by atoms with Crippen LogP contribution in [-0.2, 0) is 19.5 Å². The molecule has 0 atom stereocenters. The van der Waals surface area contributed by atoms with Gasteiger partial charge in [0.15, 0.2) is 5.82 Å². The second-order valence-corrected chi connectivity index (χ2v) is 8.10. The van der Waals surface area contributed by atoms with Crippen molar-refractivity contribution < 1.29 is 4.79 Å². The van der Waals surface area contributed by atoms with Gasteiger partial charge in [-0.3, -0.25) is 4.90 Å². The average molecular weight is 487 g/mol. The molecule has 3 aromatic rings. The highest BCUT2D eigenvalue weighted by Crippen LogP contribution is 2.22. The van der Waals surface area contributed by atoms with E-state index in [0.717, 1.165) is 52.4 Å². The number of benzene rings is 2. The van der Waals surface area contributed by atoms with E-state index < -0.39 is 0 Å². The molecular formula is C21H22IN5O. The fourth-order valence-corrected chi connectivity index (χ4v) is 3.78. The third-order valence-electron chi connectivity index (χ3n) is 4.89. The maximum absolute atomic E-state index is 13.1. The number of anilines is 2. The second kappa shape index (κ2) is 8.72. The van der Waals surface area contributed by atoms with E-state index in [9.17, 15) is 4.79 Å². The van der Waals surface area contributed by atoms with Crippen molar-refractivity contribution in [2.24, 2.45) is 0 Å². The zero-order valence-electron chi connectivity index (χ0n) is 15.5. The average Bonchev–Trinajstić information content (AvgIpc) is 2.93. The number of fused-ring (bicyclic) bond motifs is 1. The number of aromatic nitrogens is 3. The predicted molar refractivity (Wildman–Crippen MR) is 118 cm³/mol. The molecule has 0 unspecified atom stereocenters. The standard InChI is InChI=1S/C21H22IN5O/c22-16-10-12-18(13-11-16)27(21(28)23-17-7-3-1-4-8-17)15-20-25-24-19-9-5-2-6-14-26(19)20/h1,3-4,7-8,10-13H,2,5-6,9,14-15H2,(H,23,28). The first-order valence-electron chi connectivity index (χ1n) is 9.51. The first-order chi connectivity index (χ1) is 13.7. The summed E-state index contributed by atoms with van der Waals surface area (Å²) in [4.78, 5) is 14.8. The topological polar surface area (TPSA) is 63.1 Å². The summed E-state index contributed by atoms with van der Waals surface area (Å²) in [5.41, 5.74) is 1.60. The Kier molecular flexibility index (Phi) is 5.90. The van der Waals surface area contributed by atoms with Gasteiger partial charge >= 0.3 is 6.03 Å². The molecule has 0 fully saturated rings. The highest BCUT2D eigenvalue weighted by atomic mass is 127. The molecule has 28 heavy (non-hydrogen) atoms. The molecule has 0 spiro atoms. The van der Waals surface area contributed by atoms with Crippen molar-refractivity contribution in [3.05, 3.63) is 69.8 Å². The van der Waals surface area contributed by atoms with Gasteiger partial charge in [0.2, 0.25) is 0 Å². The summed E-state index contributed by atoms with van der Waals surface area (Å²) in [6.45, 7) is 1.30. The van der Waals surface area contributed by atoms with Crippen LogP contribution < -0.4 is 10.2 Å². The van der Waals surface area contributed by atoms with Crippen LogP contribution in [0, 0.1) is 3.57 Å². The second-order valence-electron chi connectivity index (χ2n) is 6.85. The van der Waals surface area contributed by atoms with Crippen LogP contribution in [0.2, 0.25) is 0 Å². The Labute approximate surface area is 178 Å². The van der Waals surface area contributed by atoms with Crippen LogP contribution in [0.3, 0.4) is 0 Å². The van der Waals surface area contributed by atoms with E-state index >= 15 is 0 Å². The number of hydrogen-bond donors (Lipinski definition) is 1. The normalized spacial score (nSPS) is 13.5. The highest BCUT2D eigenvalue weighted by Gasteiger charge is 2.22. The van der Waals surface area contributed by atoms with Gasteiger partial charge in [-0.05, 0) is 71.8 Å². The van der Waals surface area contributed by atoms with Gasteiger partial charge in [-0.15, -0.1) is 10.2 Å². The van der Waals surface area contributed by atoms with E-state index in [1.54, 1.807) is 4.90 Å². The maximum atomic E-state index is 13.1. The minimum absolute atomic E-state index is 0.182. The molecule has 0 saturated heterocycles. The van der Waals surface area contributed by atoms with Crippen molar-refractivity contribution >= 4 is 40.0 Å². The summed E-state index contributed by atoms with van der Waals surface area (Å²) in [5.74, 6) is 1.86. The Morgan fingerprint density at radius 2 is 1.82 bits per heavy atom. The first-order valence-corrected chi connectivity index (χ1v) is 10.6. The molecule has 144 valence electrons. The van der Waals surface area contributed by atoms with Crippen LogP contribution in [-0.4, -0.2) is 20.8 Å². The molecule has 0 radical (unpaired) electrons. The predicted octanol–water partition coefficient (Wildman–Crippen LogP) is 4.85. The monoisotopic (exact) mass is 487 g/mol. The van der Waals surface area contributed by atoms with E-state index in [-0.39, 0.29) is 6.03 Å². The summed E-state index contributed by atoms with van der Waals surface area (Å²) in [6.07, 6.45) is 4.43. The van der Waals surface area contributed by atoms with Crippen molar-refractivity contribution in [2.75, 3.05) is 10.2 Å². The van der Waals surface area contributed by atoms with Crippen LogP contribution >= 0.6 is 22.6 Å². The van der Waals surface area contributed by atoms with Crippen LogP contribution in [0.5, 0.6) is 0 Å². The quantitative estimate of drug-likeness (QED) is 0.536. The van der Waals surface area contributed by atoms with Gasteiger partial charge in [0.25, 0.3) is 0 Å². The molecule has 1 aromatic heterocycles. The number of urea groups is 1. The molecule has 2 amide bonds. The highest BCUT2D eigenvalue weighted by molar-refractivity contribution is 14.1. The Hall–Kier alpha value is -2.42. The van der Waals surface area contributed by atoms with Gasteiger partial charge < -0.3 is 9.88 Å². The molecule has 1 aliphatic heterocycles. The third kappa shape index (κ3) is 4.35. The fourth-order valence-electron chi connectivity index (χ4n) is 3.42. The van der Waals surface area contributed by atoms with Gasteiger partial charge in [-0.2, -0.15) is 0 Å². The Balaban J connectivity index is 1.62. The molecule has 1 N–H and O–H groups in total. The molecule has 6 nitrogen and oxygen atoms in total. The smallest absolute Gasteiger partial charge is 0.313 e. The fraction of sp³-hybridized carbons (Fsp3) is 0.286. The third-order valence-corrected chi connectivity index (χ3v) is 5.61. The number of carbonyl (C=O) groups excluding carboxylic acids is 1. The summed E-state index contributed by atoms with van der Waals surface area (Å²) in [7, 11) is 0. The van der Waals surface area contributed by atoms with Crippen molar-refractivity contribution in [3.8, 4) is 0 Å². The van der Waals surface area contributed by atoms with Gasteiger partial charge in [-0.25, -0.2) is 4.79 Å². The van der Waals surface area contributed by atoms with Crippen LogP contribution in [0.15, 0.2) is 54.6 Å². The molecule has 2 heterocycles. The SMILES string of the molecule is O=C(Nc1ccccc1)N(Cc1nnc2n1CCCCC2)c1ccc(I)cc1. The van der Waals surface area contributed by atoms with Crippen molar-refractivity contribution in [1.29, 1.82) is 0 Å². The zero-order chi connectivity index (χ0) is 19.3. The number of aryl methyl sites for hydroxylation is 1. The Morgan fingerprint density at radius 1 is 1.04 bits per heavy atom. The van der Waals surface area contributed by atoms with E-state index in [1.807, 2.05) is 54.6 Å². The van der Waals surface area contributed by atoms with Crippen LogP contribution in [0.4, 0.5) is 16.2 Å². The zero-order valence-corrected chi connectivity index (χ0v) is 17.7. The number of nitrogens with one attached hydrogen (secondary N) is 1. The molecule has 0 bridgehead atoms. The lowest BCUT2D eigenvalue weighted by Gasteiger charge is -2.23. The molecular weight excluding hydrogens is 465 g/mol.